The largest absolute Gasteiger partial charge is 0.355 e. The highest BCUT2D eigenvalue weighted by Crippen LogP contribution is 2.34. The monoisotopic (exact) mass is 393 g/mol. The number of H-pyrrole nitrogens is 1. The number of carbonyl (C=O) groups excluding carboxylic acids is 1. The fourth-order valence-corrected chi connectivity index (χ4v) is 4.91. The first kappa shape index (κ1) is 18.2. The zero-order valence-corrected chi connectivity index (χ0v) is 16.6. The summed E-state index contributed by atoms with van der Waals surface area (Å²) < 4.78 is 0. The molecule has 0 aliphatic heterocycles. The lowest BCUT2D eigenvalue weighted by Gasteiger charge is -2.12. The van der Waals surface area contributed by atoms with Crippen LogP contribution in [0.4, 0.5) is 0 Å². The van der Waals surface area contributed by atoms with Gasteiger partial charge in [-0.05, 0) is 24.3 Å². The first-order chi connectivity index (χ1) is 12.0. The van der Waals surface area contributed by atoms with Gasteiger partial charge < -0.3 is 10.3 Å². The first-order valence-electron chi connectivity index (χ1n) is 7.95. The van der Waals surface area contributed by atoms with E-state index in [-0.39, 0.29) is 16.7 Å². The normalized spacial score (nSPS) is 12.6. The van der Waals surface area contributed by atoms with E-state index in [0.29, 0.717) is 27.8 Å². The first-order valence-corrected chi connectivity index (χ1v) is 10.6. The van der Waals surface area contributed by atoms with Crippen LogP contribution in [0.1, 0.15) is 20.8 Å². The SMILES string of the molecule is CC(C)CNC(=O)[C@@H](C)Sc1nc2scc(-c3cccs3)c2c(=O)[nH]1. The predicted octanol–water partition coefficient (Wildman–Crippen LogP) is 3.97. The molecule has 0 bridgehead atoms. The zero-order chi connectivity index (χ0) is 18.0. The molecule has 3 heterocycles. The van der Waals surface area contributed by atoms with E-state index in [1.54, 1.807) is 11.3 Å². The van der Waals surface area contributed by atoms with Gasteiger partial charge in [0.1, 0.15) is 4.83 Å². The van der Waals surface area contributed by atoms with Gasteiger partial charge in [0.2, 0.25) is 5.91 Å². The van der Waals surface area contributed by atoms with Gasteiger partial charge in [0.15, 0.2) is 5.16 Å². The maximum atomic E-state index is 12.5. The number of amides is 1. The van der Waals surface area contributed by atoms with Gasteiger partial charge in [-0.1, -0.05) is 31.7 Å². The van der Waals surface area contributed by atoms with Gasteiger partial charge in [0.25, 0.3) is 5.56 Å². The average Bonchev–Trinajstić information content (AvgIpc) is 3.21. The lowest BCUT2D eigenvalue weighted by Crippen LogP contribution is -2.33. The van der Waals surface area contributed by atoms with Gasteiger partial charge in [0, 0.05) is 22.4 Å². The van der Waals surface area contributed by atoms with E-state index >= 15 is 0 Å². The van der Waals surface area contributed by atoms with Crippen molar-refractivity contribution < 1.29 is 4.79 Å². The molecule has 3 aromatic heterocycles. The van der Waals surface area contributed by atoms with Gasteiger partial charge in [0.05, 0.1) is 10.6 Å². The van der Waals surface area contributed by atoms with Crippen LogP contribution in [0.3, 0.4) is 0 Å². The van der Waals surface area contributed by atoms with Crippen LogP contribution < -0.4 is 10.9 Å². The highest BCUT2D eigenvalue weighted by atomic mass is 32.2. The molecule has 8 heteroatoms. The molecule has 0 aromatic carbocycles. The van der Waals surface area contributed by atoms with Crippen molar-refractivity contribution in [2.24, 2.45) is 5.92 Å². The van der Waals surface area contributed by atoms with E-state index in [4.69, 9.17) is 0 Å². The van der Waals surface area contributed by atoms with Gasteiger partial charge >= 0.3 is 0 Å². The Hall–Kier alpha value is -1.64. The van der Waals surface area contributed by atoms with Crippen molar-refractivity contribution in [1.82, 2.24) is 15.3 Å². The van der Waals surface area contributed by atoms with Crippen LogP contribution in [0.2, 0.25) is 0 Å². The van der Waals surface area contributed by atoms with E-state index in [9.17, 15) is 9.59 Å². The fraction of sp³-hybridized carbons (Fsp3) is 0.353. The molecule has 132 valence electrons. The minimum atomic E-state index is -0.323. The molecule has 0 spiro atoms. The molecule has 3 aromatic rings. The number of fused-ring (bicyclic) bond motifs is 1. The molecule has 2 N–H and O–H groups in total. The number of hydrogen-bond donors (Lipinski definition) is 2. The number of nitrogens with one attached hydrogen (secondary N) is 2. The molecule has 0 aliphatic rings. The second-order valence-electron chi connectivity index (χ2n) is 6.08. The third-order valence-electron chi connectivity index (χ3n) is 3.55. The topological polar surface area (TPSA) is 74.8 Å². The predicted molar refractivity (Wildman–Crippen MR) is 107 cm³/mol. The van der Waals surface area contributed by atoms with E-state index in [1.165, 1.54) is 23.1 Å². The van der Waals surface area contributed by atoms with Crippen LogP contribution >= 0.6 is 34.4 Å². The van der Waals surface area contributed by atoms with E-state index in [2.05, 4.69) is 15.3 Å². The molecule has 3 rings (SSSR count). The van der Waals surface area contributed by atoms with Crippen molar-refractivity contribution in [3.8, 4) is 10.4 Å². The molecule has 25 heavy (non-hydrogen) atoms. The Bertz CT molecular complexity index is 928. The molecule has 5 nitrogen and oxygen atoms in total. The number of carbonyl (C=O) groups is 1. The molecule has 0 unspecified atom stereocenters. The maximum Gasteiger partial charge on any atom is 0.260 e. The van der Waals surface area contributed by atoms with E-state index in [0.717, 1.165) is 10.4 Å². The summed E-state index contributed by atoms with van der Waals surface area (Å²) in [6.07, 6.45) is 0. The number of nitrogens with zero attached hydrogens (tertiary/aromatic N) is 1. The molecule has 1 atom stereocenters. The van der Waals surface area contributed by atoms with Crippen LogP contribution in [0.15, 0.2) is 32.8 Å². The molecule has 0 radical (unpaired) electrons. The Balaban J connectivity index is 1.82. The minimum Gasteiger partial charge on any atom is -0.355 e. The van der Waals surface area contributed by atoms with E-state index in [1.807, 2.05) is 43.7 Å². The second-order valence-corrected chi connectivity index (χ2v) is 9.21. The third kappa shape index (κ3) is 4.13. The van der Waals surface area contributed by atoms with Crippen LogP contribution in [0.25, 0.3) is 20.7 Å². The third-order valence-corrected chi connectivity index (χ3v) is 6.31. The van der Waals surface area contributed by atoms with Crippen molar-refractivity contribution in [2.45, 2.75) is 31.2 Å². The Labute approximate surface area is 157 Å². The van der Waals surface area contributed by atoms with Gasteiger partial charge in [-0.2, -0.15) is 0 Å². The van der Waals surface area contributed by atoms with Gasteiger partial charge in [-0.15, -0.1) is 22.7 Å². The number of aromatic nitrogens is 2. The van der Waals surface area contributed by atoms with E-state index < -0.39 is 0 Å². The highest BCUT2D eigenvalue weighted by molar-refractivity contribution is 8.00. The molecule has 0 saturated heterocycles. The quantitative estimate of drug-likeness (QED) is 0.491. The maximum absolute atomic E-state index is 12.5. The highest BCUT2D eigenvalue weighted by Gasteiger charge is 2.18. The van der Waals surface area contributed by atoms with Gasteiger partial charge in [-0.3, -0.25) is 9.59 Å². The van der Waals surface area contributed by atoms with Crippen LogP contribution in [0.5, 0.6) is 0 Å². The Morgan fingerprint density at radius 1 is 1.36 bits per heavy atom. The lowest BCUT2D eigenvalue weighted by molar-refractivity contribution is -0.120. The van der Waals surface area contributed by atoms with Crippen molar-refractivity contribution in [2.75, 3.05) is 6.54 Å². The molecular weight excluding hydrogens is 374 g/mol. The fourth-order valence-electron chi connectivity index (χ4n) is 2.27. The molecule has 1 amide bonds. The summed E-state index contributed by atoms with van der Waals surface area (Å²) in [5, 5.41) is 7.63. The molecule has 0 saturated carbocycles. The summed E-state index contributed by atoms with van der Waals surface area (Å²) >= 11 is 4.32. The summed E-state index contributed by atoms with van der Waals surface area (Å²) in [4.78, 5) is 33.8. The van der Waals surface area contributed by atoms with Crippen LogP contribution in [-0.4, -0.2) is 27.7 Å². The van der Waals surface area contributed by atoms with Crippen molar-refractivity contribution in [3.63, 3.8) is 0 Å². The summed E-state index contributed by atoms with van der Waals surface area (Å²) in [7, 11) is 0. The number of thioether (sulfide) groups is 1. The summed E-state index contributed by atoms with van der Waals surface area (Å²) in [5.41, 5.74) is 0.759. The van der Waals surface area contributed by atoms with Crippen LogP contribution in [-0.2, 0) is 4.79 Å². The number of rotatable bonds is 6. The smallest absolute Gasteiger partial charge is 0.260 e. The second kappa shape index (κ2) is 7.72. The van der Waals surface area contributed by atoms with Gasteiger partial charge in [-0.25, -0.2) is 4.98 Å². The Kier molecular flexibility index (Phi) is 5.61. The molecule has 0 aliphatic carbocycles. The summed E-state index contributed by atoms with van der Waals surface area (Å²) in [6.45, 7) is 6.55. The van der Waals surface area contributed by atoms with Crippen molar-refractivity contribution in [1.29, 1.82) is 0 Å². The standard InChI is InChI=1S/C17H19N3O2S3/c1-9(2)7-18-14(21)10(3)25-17-19-15(22)13-11(8-24-16(13)20-17)12-5-4-6-23-12/h4-6,8-10H,7H2,1-3H3,(H,18,21)(H,19,20,22)/t10-/m1/s1. The number of aromatic amines is 1. The zero-order valence-electron chi connectivity index (χ0n) is 14.2. The molecular formula is C17H19N3O2S3. The van der Waals surface area contributed by atoms with Crippen molar-refractivity contribution in [3.05, 3.63) is 33.2 Å². The Morgan fingerprint density at radius 3 is 2.84 bits per heavy atom. The minimum absolute atomic E-state index is 0.0492. The Morgan fingerprint density at radius 2 is 2.16 bits per heavy atom. The number of hydrogen-bond acceptors (Lipinski definition) is 6. The summed E-state index contributed by atoms with van der Waals surface area (Å²) in [5.74, 6) is 0.351. The summed E-state index contributed by atoms with van der Waals surface area (Å²) in [6, 6.07) is 3.96. The average molecular weight is 394 g/mol. The molecule has 0 fully saturated rings. The number of thiophene rings is 2. The lowest BCUT2D eigenvalue weighted by atomic mass is 10.2. The van der Waals surface area contributed by atoms with Crippen molar-refractivity contribution >= 4 is 50.6 Å². The van der Waals surface area contributed by atoms with Crippen LogP contribution in [0, 0.1) is 5.92 Å².